The van der Waals surface area contributed by atoms with Crippen LogP contribution in [-0.4, -0.2) is 14.5 Å². The minimum atomic E-state index is -3.59. The van der Waals surface area contributed by atoms with Crippen molar-refractivity contribution in [2.75, 3.05) is 0 Å². The summed E-state index contributed by atoms with van der Waals surface area (Å²) in [5.74, 6) is 0.771. The van der Waals surface area contributed by atoms with E-state index < -0.39 is 10.0 Å². The molecule has 1 aromatic carbocycles. The number of primary sulfonamides is 1. The Morgan fingerprint density at radius 1 is 1.20 bits per heavy atom. The summed E-state index contributed by atoms with van der Waals surface area (Å²) in [7, 11) is -3.59. The number of rotatable bonds is 5. The molecule has 1 aromatic rings. The lowest BCUT2D eigenvalue weighted by Gasteiger charge is -2.28. The first-order chi connectivity index (χ1) is 9.47. The van der Waals surface area contributed by atoms with Crippen LogP contribution >= 0.6 is 0 Å². The van der Waals surface area contributed by atoms with E-state index in [1.165, 1.54) is 32.1 Å². The highest BCUT2D eigenvalue weighted by molar-refractivity contribution is 7.89. The van der Waals surface area contributed by atoms with Crippen molar-refractivity contribution in [1.29, 1.82) is 0 Å². The van der Waals surface area contributed by atoms with Gasteiger partial charge in [-0.25, -0.2) is 13.6 Å². The molecule has 20 heavy (non-hydrogen) atoms. The minimum absolute atomic E-state index is 0.168. The van der Waals surface area contributed by atoms with Crippen LogP contribution in [0.5, 0.6) is 0 Å². The molecule has 1 atom stereocenters. The topological polar surface area (TPSA) is 72.2 Å². The zero-order chi connectivity index (χ0) is 14.6. The normalized spacial score (nSPS) is 18.9. The van der Waals surface area contributed by atoms with Crippen molar-refractivity contribution >= 4 is 10.0 Å². The highest BCUT2D eigenvalue weighted by atomic mass is 32.2. The molecule has 3 N–H and O–H groups in total. The lowest BCUT2D eigenvalue weighted by molar-refractivity contribution is 0.280. The van der Waals surface area contributed by atoms with Crippen LogP contribution in [0.2, 0.25) is 0 Å². The zero-order valence-corrected chi connectivity index (χ0v) is 12.8. The highest BCUT2D eigenvalue weighted by Crippen LogP contribution is 2.26. The third-order valence-corrected chi connectivity index (χ3v) is 5.17. The first-order valence-corrected chi connectivity index (χ1v) is 8.86. The van der Waals surface area contributed by atoms with Crippen LogP contribution in [0.3, 0.4) is 0 Å². The molecule has 0 bridgehead atoms. The number of nitrogens with two attached hydrogens (primary N) is 1. The number of hydrogen-bond acceptors (Lipinski definition) is 3. The van der Waals surface area contributed by atoms with Gasteiger partial charge in [-0.1, -0.05) is 31.4 Å². The van der Waals surface area contributed by atoms with E-state index in [0.717, 1.165) is 18.0 Å². The van der Waals surface area contributed by atoms with Gasteiger partial charge >= 0.3 is 0 Å². The van der Waals surface area contributed by atoms with Crippen LogP contribution in [-0.2, 0) is 16.6 Å². The summed E-state index contributed by atoms with van der Waals surface area (Å²) in [6, 6.07) is 7.28. The van der Waals surface area contributed by atoms with Crippen molar-refractivity contribution in [2.45, 2.75) is 56.5 Å². The Labute approximate surface area is 121 Å². The molecule has 0 spiro atoms. The molecule has 0 heterocycles. The van der Waals surface area contributed by atoms with Crippen LogP contribution in [0.15, 0.2) is 29.2 Å². The molecule has 1 fully saturated rings. The van der Waals surface area contributed by atoms with Gasteiger partial charge in [0.15, 0.2) is 0 Å². The van der Waals surface area contributed by atoms with Crippen molar-refractivity contribution in [3.63, 3.8) is 0 Å². The van der Waals surface area contributed by atoms with Gasteiger partial charge < -0.3 is 5.32 Å². The third-order valence-electron chi connectivity index (χ3n) is 4.24. The van der Waals surface area contributed by atoms with Crippen LogP contribution in [0.1, 0.15) is 44.6 Å². The molecule has 0 saturated heterocycles. The Morgan fingerprint density at radius 2 is 1.80 bits per heavy atom. The van der Waals surface area contributed by atoms with E-state index in [0.29, 0.717) is 6.04 Å². The molecule has 0 aromatic heterocycles. The Hall–Kier alpha value is -0.910. The van der Waals surface area contributed by atoms with Crippen LogP contribution in [0.25, 0.3) is 0 Å². The predicted molar refractivity (Wildman–Crippen MR) is 80.7 cm³/mol. The van der Waals surface area contributed by atoms with E-state index in [9.17, 15) is 8.42 Å². The Kier molecular flexibility index (Phi) is 5.18. The van der Waals surface area contributed by atoms with Crippen LogP contribution in [0, 0.1) is 5.92 Å². The molecular weight excluding hydrogens is 272 g/mol. The molecule has 0 amide bonds. The summed E-state index contributed by atoms with van der Waals surface area (Å²) >= 11 is 0. The summed E-state index contributed by atoms with van der Waals surface area (Å²) < 4.78 is 22.4. The van der Waals surface area contributed by atoms with Gasteiger partial charge in [-0.3, -0.25) is 0 Å². The van der Waals surface area contributed by atoms with Crippen molar-refractivity contribution in [2.24, 2.45) is 11.1 Å². The second-order valence-electron chi connectivity index (χ2n) is 5.76. The average molecular weight is 296 g/mol. The number of nitrogens with one attached hydrogen (secondary N) is 1. The molecule has 4 nitrogen and oxygen atoms in total. The first kappa shape index (κ1) is 15.5. The zero-order valence-electron chi connectivity index (χ0n) is 12.0. The molecule has 1 unspecified atom stereocenters. The van der Waals surface area contributed by atoms with E-state index in [1.54, 1.807) is 12.1 Å². The molecular formula is C15H24N2O2S. The van der Waals surface area contributed by atoms with E-state index in [2.05, 4.69) is 12.2 Å². The number of hydrogen-bond donors (Lipinski definition) is 2. The van der Waals surface area contributed by atoms with E-state index >= 15 is 0 Å². The maximum absolute atomic E-state index is 11.2. The molecule has 0 radical (unpaired) electrons. The van der Waals surface area contributed by atoms with Crippen LogP contribution in [0.4, 0.5) is 0 Å². The fourth-order valence-corrected chi connectivity index (χ4v) is 3.39. The van der Waals surface area contributed by atoms with Gasteiger partial charge in [0.05, 0.1) is 4.90 Å². The van der Waals surface area contributed by atoms with Gasteiger partial charge in [0, 0.05) is 12.6 Å². The SMILES string of the molecule is CC(NCc1ccc(S(N)(=O)=O)cc1)C1CCCCC1. The standard InChI is InChI=1S/C15H24N2O2S/c1-12(14-5-3-2-4-6-14)17-11-13-7-9-15(10-8-13)20(16,18)19/h7-10,12,14,17H,2-6,11H2,1H3,(H2,16,18,19). The summed E-state index contributed by atoms with van der Waals surface area (Å²) in [5, 5.41) is 8.63. The molecule has 2 rings (SSSR count). The maximum atomic E-state index is 11.2. The lowest BCUT2D eigenvalue weighted by atomic mass is 9.84. The first-order valence-electron chi connectivity index (χ1n) is 7.32. The van der Waals surface area contributed by atoms with Crippen molar-refractivity contribution in [1.82, 2.24) is 5.32 Å². The molecule has 0 aliphatic heterocycles. The summed E-state index contributed by atoms with van der Waals surface area (Å²) in [6.07, 6.45) is 6.70. The van der Waals surface area contributed by atoms with Gasteiger partial charge in [-0.2, -0.15) is 0 Å². The summed E-state index contributed by atoms with van der Waals surface area (Å²) in [4.78, 5) is 0.168. The minimum Gasteiger partial charge on any atom is -0.310 e. The van der Waals surface area contributed by atoms with Gasteiger partial charge in [0.1, 0.15) is 0 Å². The number of sulfonamides is 1. The quantitative estimate of drug-likeness (QED) is 0.876. The fraction of sp³-hybridized carbons (Fsp3) is 0.600. The molecule has 1 aliphatic rings. The second-order valence-corrected chi connectivity index (χ2v) is 7.32. The average Bonchev–Trinajstić information content (AvgIpc) is 2.45. The van der Waals surface area contributed by atoms with Crippen molar-refractivity contribution < 1.29 is 8.42 Å². The van der Waals surface area contributed by atoms with Gasteiger partial charge in [-0.15, -0.1) is 0 Å². The van der Waals surface area contributed by atoms with Crippen molar-refractivity contribution in [3.05, 3.63) is 29.8 Å². The number of benzene rings is 1. The van der Waals surface area contributed by atoms with E-state index in [4.69, 9.17) is 5.14 Å². The molecule has 1 aliphatic carbocycles. The third kappa shape index (κ3) is 4.30. The summed E-state index contributed by atoms with van der Waals surface area (Å²) in [5.41, 5.74) is 1.08. The maximum Gasteiger partial charge on any atom is 0.238 e. The highest BCUT2D eigenvalue weighted by Gasteiger charge is 2.19. The van der Waals surface area contributed by atoms with Crippen LogP contribution < -0.4 is 10.5 Å². The predicted octanol–water partition coefficient (Wildman–Crippen LogP) is 2.39. The molecule has 5 heteroatoms. The monoisotopic (exact) mass is 296 g/mol. The Balaban J connectivity index is 1.87. The van der Waals surface area contributed by atoms with Crippen molar-refractivity contribution in [3.8, 4) is 0 Å². The van der Waals surface area contributed by atoms with Gasteiger partial charge in [0.2, 0.25) is 10.0 Å². The largest absolute Gasteiger partial charge is 0.310 e. The lowest BCUT2D eigenvalue weighted by Crippen LogP contribution is -2.34. The Morgan fingerprint density at radius 3 is 2.35 bits per heavy atom. The smallest absolute Gasteiger partial charge is 0.238 e. The fourth-order valence-electron chi connectivity index (χ4n) is 2.88. The van der Waals surface area contributed by atoms with E-state index in [1.807, 2.05) is 12.1 Å². The molecule has 112 valence electrons. The van der Waals surface area contributed by atoms with E-state index in [-0.39, 0.29) is 4.90 Å². The Bertz CT molecular complexity index is 519. The molecule has 1 saturated carbocycles. The summed E-state index contributed by atoms with van der Waals surface area (Å²) in [6.45, 7) is 3.01. The van der Waals surface area contributed by atoms with Gasteiger partial charge in [0.25, 0.3) is 0 Å². The second kappa shape index (κ2) is 6.70. The van der Waals surface area contributed by atoms with Gasteiger partial charge in [-0.05, 0) is 43.4 Å².